The van der Waals surface area contributed by atoms with Gasteiger partial charge in [0.25, 0.3) is 0 Å². The molecule has 26 heavy (non-hydrogen) atoms. The van der Waals surface area contributed by atoms with Crippen LogP contribution in [0, 0.1) is 0 Å². The molecule has 0 bridgehead atoms. The van der Waals surface area contributed by atoms with E-state index >= 15 is 0 Å². The molecular weight excluding hydrogens is 336 g/mol. The molecule has 0 radical (unpaired) electrons. The highest BCUT2D eigenvalue weighted by molar-refractivity contribution is 5.94. The van der Waals surface area contributed by atoms with Crippen molar-refractivity contribution in [2.45, 2.75) is 0 Å². The Kier molecular flexibility index (Phi) is 7.45. The summed E-state index contributed by atoms with van der Waals surface area (Å²) in [6.07, 6.45) is 0. The molecule has 0 fully saturated rings. The van der Waals surface area contributed by atoms with Crippen LogP contribution in [0.15, 0.2) is 48.5 Å². The first-order valence-electron chi connectivity index (χ1n) is 8.06. The van der Waals surface area contributed by atoms with Gasteiger partial charge in [0.15, 0.2) is 0 Å². The van der Waals surface area contributed by atoms with Crippen molar-refractivity contribution in [3.63, 3.8) is 0 Å². The van der Waals surface area contributed by atoms with Gasteiger partial charge in [-0.25, -0.2) is 4.79 Å². The molecule has 2 N–H and O–H groups in total. The van der Waals surface area contributed by atoms with E-state index in [0.29, 0.717) is 30.2 Å². The van der Waals surface area contributed by atoms with E-state index in [1.165, 1.54) is 7.11 Å². The highest BCUT2D eigenvalue weighted by Crippen LogP contribution is 2.17. The minimum atomic E-state index is -0.401. The van der Waals surface area contributed by atoms with E-state index < -0.39 is 5.97 Å². The second-order valence-corrected chi connectivity index (χ2v) is 5.34. The van der Waals surface area contributed by atoms with Gasteiger partial charge < -0.3 is 24.8 Å². The summed E-state index contributed by atoms with van der Waals surface area (Å²) < 4.78 is 15.1. The summed E-state index contributed by atoms with van der Waals surface area (Å²) in [6, 6.07) is 13.8. The SMILES string of the molecule is COCCOc1cccc(NC(=O)CNc2ccc(C(=O)OC)cc2)c1. The third-order valence-electron chi connectivity index (χ3n) is 3.43. The maximum Gasteiger partial charge on any atom is 0.337 e. The first kappa shape index (κ1) is 19.3. The molecule has 0 saturated carbocycles. The van der Waals surface area contributed by atoms with Gasteiger partial charge in [-0.3, -0.25) is 4.79 Å². The normalized spacial score (nSPS) is 10.1. The molecule has 0 aliphatic carbocycles. The average Bonchev–Trinajstić information content (AvgIpc) is 2.67. The van der Waals surface area contributed by atoms with Crippen molar-refractivity contribution in [2.24, 2.45) is 0 Å². The van der Waals surface area contributed by atoms with Crippen LogP contribution in [0.1, 0.15) is 10.4 Å². The zero-order valence-electron chi connectivity index (χ0n) is 14.8. The topological polar surface area (TPSA) is 85.9 Å². The Morgan fingerprint density at radius 2 is 1.73 bits per heavy atom. The van der Waals surface area contributed by atoms with E-state index in [1.54, 1.807) is 49.6 Å². The molecule has 0 saturated heterocycles. The molecule has 2 aromatic rings. The molecule has 0 unspecified atom stereocenters. The Hall–Kier alpha value is -3.06. The Bertz CT molecular complexity index is 731. The predicted octanol–water partition coefficient (Wildman–Crippen LogP) is 2.55. The van der Waals surface area contributed by atoms with Gasteiger partial charge in [0.1, 0.15) is 12.4 Å². The largest absolute Gasteiger partial charge is 0.491 e. The van der Waals surface area contributed by atoms with Crippen molar-refractivity contribution in [3.8, 4) is 5.75 Å². The summed E-state index contributed by atoms with van der Waals surface area (Å²) in [4.78, 5) is 23.5. The quantitative estimate of drug-likeness (QED) is 0.529. The molecule has 7 nitrogen and oxygen atoms in total. The molecule has 1 amide bonds. The molecule has 2 rings (SSSR count). The number of esters is 1. The van der Waals surface area contributed by atoms with Crippen LogP contribution in [0.4, 0.5) is 11.4 Å². The van der Waals surface area contributed by atoms with Crippen molar-refractivity contribution >= 4 is 23.3 Å². The van der Waals surface area contributed by atoms with E-state index in [9.17, 15) is 9.59 Å². The summed E-state index contributed by atoms with van der Waals surface area (Å²) >= 11 is 0. The van der Waals surface area contributed by atoms with Crippen LogP contribution >= 0.6 is 0 Å². The van der Waals surface area contributed by atoms with Crippen molar-refractivity contribution in [1.29, 1.82) is 0 Å². The minimum Gasteiger partial charge on any atom is -0.491 e. The van der Waals surface area contributed by atoms with E-state index in [4.69, 9.17) is 9.47 Å². The van der Waals surface area contributed by atoms with Crippen molar-refractivity contribution < 1.29 is 23.8 Å². The zero-order valence-corrected chi connectivity index (χ0v) is 14.8. The minimum absolute atomic E-state index is 0.0896. The van der Waals surface area contributed by atoms with Crippen LogP contribution in [0.2, 0.25) is 0 Å². The molecule has 7 heteroatoms. The van der Waals surface area contributed by atoms with Gasteiger partial charge >= 0.3 is 5.97 Å². The second-order valence-electron chi connectivity index (χ2n) is 5.34. The van der Waals surface area contributed by atoms with Gasteiger partial charge in [-0.1, -0.05) is 6.07 Å². The lowest BCUT2D eigenvalue weighted by molar-refractivity contribution is -0.114. The lowest BCUT2D eigenvalue weighted by Crippen LogP contribution is -2.21. The fraction of sp³-hybridized carbons (Fsp3) is 0.263. The van der Waals surface area contributed by atoms with Crippen LogP contribution in [-0.2, 0) is 14.3 Å². The van der Waals surface area contributed by atoms with Crippen LogP contribution in [-0.4, -0.2) is 45.9 Å². The number of benzene rings is 2. The van der Waals surface area contributed by atoms with E-state index in [1.807, 2.05) is 6.07 Å². The summed E-state index contributed by atoms with van der Waals surface area (Å²) in [5, 5.41) is 5.79. The maximum absolute atomic E-state index is 12.1. The number of ether oxygens (including phenoxy) is 3. The van der Waals surface area contributed by atoms with Crippen LogP contribution in [0.3, 0.4) is 0 Å². The van der Waals surface area contributed by atoms with Gasteiger partial charge in [-0.15, -0.1) is 0 Å². The monoisotopic (exact) mass is 358 g/mol. The number of carbonyl (C=O) groups excluding carboxylic acids is 2. The molecular formula is C19H22N2O5. The second kappa shape index (κ2) is 10.0. The number of hydrogen-bond acceptors (Lipinski definition) is 6. The molecule has 138 valence electrons. The molecule has 0 heterocycles. The Balaban J connectivity index is 1.83. The lowest BCUT2D eigenvalue weighted by atomic mass is 10.2. The number of nitrogens with one attached hydrogen (secondary N) is 2. The number of rotatable bonds is 9. The van der Waals surface area contributed by atoms with Crippen LogP contribution in [0.25, 0.3) is 0 Å². The number of amides is 1. The highest BCUT2D eigenvalue weighted by Gasteiger charge is 2.06. The Morgan fingerprint density at radius 1 is 0.962 bits per heavy atom. The third-order valence-corrected chi connectivity index (χ3v) is 3.43. The first-order valence-corrected chi connectivity index (χ1v) is 8.06. The summed E-state index contributed by atoms with van der Waals surface area (Å²) in [7, 11) is 2.94. The zero-order chi connectivity index (χ0) is 18.8. The van der Waals surface area contributed by atoms with Crippen LogP contribution < -0.4 is 15.4 Å². The standard InChI is InChI=1S/C19H22N2O5/c1-24-10-11-26-17-5-3-4-16(12-17)21-18(22)13-20-15-8-6-14(7-9-15)19(23)25-2/h3-9,12,20H,10-11,13H2,1-2H3,(H,21,22). The van der Waals surface area contributed by atoms with Crippen molar-refractivity contribution in [1.82, 2.24) is 0 Å². The molecule has 0 atom stereocenters. The fourth-order valence-electron chi connectivity index (χ4n) is 2.14. The molecule has 0 aliphatic heterocycles. The van der Waals surface area contributed by atoms with Gasteiger partial charge in [0, 0.05) is 24.6 Å². The lowest BCUT2D eigenvalue weighted by Gasteiger charge is -2.10. The molecule has 0 aromatic heterocycles. The van der Waals surface area contributed by atoms with Crippen molar-refractivity contribution in [3.05, 3.63) is 54.1 Å². The van der Waals surface area contributed by atoms with Gasteiger partial charge in [-0.2, -0.15) is 0 Å². The fourth-order valence-corrected chi connectivity index (χ4v) is 2.14. The van der Waals surface area contributed by atoms with E-state index in [0.717, 1.165) is 5.69 Å². The predicted molar refractivity (Wildman–Crippen MR) is 98.7 cm³/mol. The molecule has 2 aromatic carbocycles. The number of methoxy groups -OCH3 is 2. The van der Waals surface area contributed by atoms with Gasteiger partial charge in [0.2, 0.25) is 5.91 Å². The highest BCUT2D eigenvalue weighted by atomic mass is 16.5. The summed E-state index contributed by atoms with van der Waals surface area (Å²) in [6.45, 7) is 1.03. The van der Waals surface area contributed by atoms with Gasteiger partial charge in [-0.05, 0) is 36.4 Å². The third kappa shape index (κ3) is 6.10. The van der Waals surface area contributed by atoms with E-state index in [-0.39, 0.29) is 12.5 Å². The summed E-state index contributed by atoms with van der Waals surface area (Å²) in [5.41, 5.74) is 1.82. The van der Waals surface area contributed by atoms with Crippen LogP contribution in [0.5, 0.6) is 5.75 Å². The van der Waals surface area contributed by atoms with Gasteiger partial charge in [0.05, 0.1) is 25.8 Å². The molecule has 0 spiro atoms. The summed E-state index contributed by atoms with van der Waals surface area (Å²) in [5.74, 6) is 0.0594. The Labute approximate surface area is 152 Å². The first-order chi connectivity index (χ1) is 12.6. The Morgan fingerprint density at radius 3 is 2.42 bits per heavy atom. The number of carbonyl (C=O) groups is 2. The maximum atomic E-state index is 12.1. The average molecular weight is 358 g/mol. The van der Waals surface area contributed by atoms with Crippen molar-refractivity contribution in [2.75, 3.05) is 44.6 Å². The number of anilines is 2. The molecule has 0 aliphatic rings. The van der Waals surface area contributed by atoms with E-state index in [2.05, 4.69) is 15.4 Å². The smallest absolute Gasteiger partial charge is 0.337 e. The number of hydrogen-bond donors (Lipinski definition) is 2.